The van der Waals surface area contributed by atoms with Crippen LogP contribution in [0.3, 0.4) is 0 Å². The fourth-order valence-electron chi connectivity index (χ4n) is 0.487. The number of nitrogens with zero attached hydrogens (tertiary/aromatic N) is 4. The van der Waals surface area contributed by atoms with Crippen LogP contribution in [0.4, 0.5) is 0 Å². The normalized spacial score (nSPS) is 27.9. The van der Waals surface area contributed by atoms with E-state index in [4.69, 9.17) is 0 Å². The predicted molar refractivity (Wildman–Crippen MR) is 28.7 cm³/mol. The van der Waals surface area contributed by atoms with Crippen LogP contribution in [0.15, 0.2) is 20.7 Å². The van der Waals surface area contributed by atoms with E-state index >= 15 is 0 Å². The van der Waals surface area contributed by atoms with Crippen LogP contribution < -0.4 is 0 Å². The summed E-state index contributed by atoms with van der Waals surface area (Å²) in [6.07, 6.45) is 0.965. The van der Waals surface area contributed by atoms with Gasteiger partial charge in [0.05, 0.1) is 12.6 Å². The van der Waals surface area contributed by atoms with Gasteiger partial charge in [0.25, 0.3) is 0 Å². The Bertz CT molecular complexity index is 117. The van der Waals surface area contributed by atoms with E-state index in [-0.39, 0.29) is 0 Å². The molecule has 0 saturated carbocycles. The number of rotatable bonds is 0. The van der Waals surface area contributed by atoms with Gasteiger partial charge in [-0.25, -0.2) is 0 Å². The molecule has 4 heteroatoms. The Kier molecular flexibility index (Phi) is 1.66. The molecular formula is C4H8N4. The molecule has 0 saturated heterocycles. The lowest BCUT2D eigenvalue weighted by molar-refractivity contribution is 0.664. The second-order valence-electron chi connectivity index (χ2n) is 1.80. The van der Waals surface area contributed by atoms with Gasteiger partial charge in [0.1, 0.15) is 0 Å². The second kappa shape index (κ2) is 2.49. The highest BCUT2D eigenvalue weighted by atomic mass is 15.5. The molecule has 1 aliphatic heterocycles. The predicted octanol–water partition coefficient (Wildman–Crippen LogP) is 1.60. The number of hydrogen-bond donors (Lipinski definition) is 0. The summed E-state index contributed by atoms with van der Waals surface area (Å²) >= 11 is 0. The zero-order valence-electron chi connectivity index (χ0n) is 4.78. The first kappa shape index (κ1) is 5.34. The molecule has 0 aliphatic carbocycles. The van der Waals surface area contributed by atoms with E-state index in [1.54, 1.807) is 0 Å². The lowest BCUT2D eigenvalue weighted by Gasteiger charge is -1.93. The maximum Gasteiger partial charge on any atom is 0.0721 e. The SMILES string of the molecule is CC1CCN=NN=N1. The molecule has 1 rings (SSSR count). The van der Waals surface area contributed by atoms with Crippen molar-refractivity contribution >= 4 is 0 Å². The average molecular weight is 112 g/mol. The van der Waals surface area contributed by atoms with Gasteiger partial charge >= 0.3 is 0 Å². The van der Waals surface area contributed by atoms with Gasteiger partial charge in [0.15, 0.2) is 0 Å². The van der Waals surface area contributed by atoms with Crippen molar-refractivity contribution in [3.63, 3.8) is 0 Å². The van der Waals surface area contributed by atoms with E-state index in [1.807, 2.05) is 6.92 Å². The molecule has 0 amide bonds. The van der Waals surface area contributed by atoms with Crippen molar-refractivity contribution in [2.45, 2.75) is 19.4 Å². The van der Waals surface area contributed by atoms with Crippen LogP contribution in [0.1, 0.15) is 13.3 Å². The van der Waals surface area contributed by atoms with E-state index in [2.05, 4.69) is 20.7 Å². The molecular weight excluding hydrogens is 104 g/mol. The van der Waals surface area contributed by atoms with Gasteiger partial charge in [-0.3, -0.25) is 0 Å². The largest absolute Gasteiger partial charge is 0.167 e. The van der Waals surface area contributed by atoms with Crippen LogP contribution in [0, 0.1) is 0 Å². The highest BCUT2D eigenvalue weighted by Crippen LogP contribution is 2.01. The highest BCUT2D eigenvalue weighted by Gasteiger charge is 1.99. The Labute approximate surface area is 47.7 Å². The molecule has 0 bridgehead atoms. The molecule has 8 heavy (non-hydrogen) atoms. The third-order valence-electron chi connectivity index (χ3n) is 0.999. The summed E-state index contributed by atoms with van der Waals surface area (Å²) in [5, 5.41) is 14.3. The quantitative estimate of drug-likeness (QED) is 0.457. The van der Waals surface area contributed by atoms with Crippen molar-refractivity contribution < 1.29 is 0 Å². The molecule has 0 N–H and O–H groups in total. The third-order valence-corrected chi connectivity index (χ3v) is 0.999. The van der Waals surface area contributed by atoms with Crippen LogP contribution in [0.25, 0.3) is 0 Å². The van der Waals surface area contributed by atoms with Gasteiger partial charge in [-0.15, -0.1) is 0 Å². The maximum atomic E-state index is 3.79. The summed E-state index contributed by atoms with van der Waals surface area (Å²) in [4.78, 5) is 0. The molecule has 0 spiro atoms. The summed E-state index contributed by atoms with van der Waals surface area (Å²) in [6.45, 7) is 2.76. The Morgan fingerprint density at radius 2 is 2.25 bits per heavy atom. The van der Waals surface area contributed by atoms with Crippen LogP contribution in [-0.4, -0.2) is 12.6 Å². The first-order valence-electron chi connectivity index (χ1n) is 2.66. The zero-order chi connectivity index (χ0) is 5.82. The van der Waals surface area contributed by atoms with E-state index in [0.29, 0.717) is 6.04 Å². The van der Waals surface area contributed by atoms with Crippen molar-refractivity contribution in [1.82, 2.24) is 0 Å². The van der Waals surface area contributed by atoms with E-state index in [9.17, 15) is 0 Å². The lowest BCUT2D eigenvalue weighted by Crippen LogP contribution is -1.96. The van der Waals surface area contributed by atoms with Crippen molar-refractivity contribution in [2.75, 3.05) is 6.54 Å². The van der Waals surface area contributed by atoms with Crippen molar-refractivity contribution in [3.8, 4) is 0 Å². The molecule has 0 aromatic rings. The molecule has 0 radical (unpaired) electrons. The molecule has 0 fully saturated rings. The fraction of sp³-hybridized carbons (Fsp3) is 1.00. The third kappa shape index (κ3) is 1.36. The molecule has 44 valence electrons. The molecule has 0 aromatic carbocycles. The summed E-state index contributed by atoms with van der Waals surface area (Å²) < 4.78 is 0. The zero-order valence-corrected chi connectivity index (χ0v) is 4.78. The Balaban J connectivity index is 2.46. The summed E-state index contributed by atoms with van der Waals surface area (Å²) in [7, 11) is 0. The topological polar surface area (TPSA) is 49.4 Å². The average Bonchev–Trinajstić information content (AvgIpc) is 1.94. The van der Waals surface area contributed by atoms with Crippen molar-refractivity contribution in [3.05, 3.63) is 0 Å². The number of hydrogen-bond acceptors (Lipinski definition) is 4. The Hall–Kier alpha value is -0.800. The summed E-state index contributed by atoms with van der Waals surface area (Å²) in [6, 6.07) is 0.296. The molecule has 4 nitrogen and oxygen atoms in total. The monoisotopic (exact) mass is 112 g/mol. The minimum atomic E-state index is 0.296. The van der Waals surface area contributed by atoms with Crippen LogP contribution >= 0.6 is 0 Å². The Morgan fingerprint density at radius 3 is 3.12 bits per heavy atom. The highest BCUT2D eigenvalue weighted by molar-refractivity contribution is 4.58. The van der Waals surface area contributed by atoms with Crippen LogP contribution in [0.2, 0.25) is 0 Å². The van der Waals surface area contributed by atoms with E-state index in [0.717, 1.165) is 13.0 Å². The second-order valence-corrected chi connectivity index (χ2v) is 1.80. The smallest absolute Gasteiger partial charge is 0.0721 e. The molecule has 1 aliphatic rings. The molecule has 1 atom stereocenters. The van der Waals surface area contributed by atoms with Crippen molar-refractivity contribution in [2.24, 2.45) is 20.7 Å². The summed E-state index contributed by atoms with van der Waals surface area (Å²) in [5.41, 5.74) is 0. The van der Waals surface area contributed by atoms with Gasteiger partial charge in [0.2, 0.25) is 0 Å². The van der Waals surface area contributed by atoms with Crippen LogP contribution in [-0.2, 0) is 0 Å². The Morgan fingerprint density at radius 1 is 1.38 bits per heavy atom. The van der Waals surface area contributed by atoms with Gasteiger partial charge < -0.3 is 0 Å². The minimum absolute atomic E-state index is 0.296. The molecule has 1 unspecified atom stereocenters. The van der Waals surface area contributed by atoms with Crippen molar-refractivity contribution in [1.29, 1.82) is 0 Å². The van der Waals surface area contributed by atoms with Gasteiger partial charge in [-0.2, -0.15) is 10.2 Å². The van der Waals surface area contributed by atoms with E-state index < -0.39 is 0 Å². The first-order chi connectivity index (χ1) is 3.89. The van der Waals surface area contributed by atoms with Gasteiger partial charge in [-0.05, 0) is 23.8 Å². The first-order valence-corrected chi connectivity index (χ1v) is 2.66. The molecule has 0 aromatic heterocycles. The molecule has 1 heterocycles. The van der Waals surface area contributed by atoms with E-state index in [1.165, 1.54) is 0 Å². The standard InChI is InChI=1S/C4H8N4/c1-4-2-3-5-7-8-6-4/h4H,2-3H2,1H3. The minimum Gasteiger partial charge on any atom is -0.167 e. The van der Waals surface area contributed by atoms with Crippen LogP contribution in [0.5, 0.6) is 0 Å². The maximum absolute atomic E-state index is 3.79. The summed E-state index contributed by atoms with van der Waals surface area (Å²) in [5.74, 6) is 0. The van der Waals surface area contributed by atoms with Gasteiger partial charge in [0, 0.05) is 0 Å². The lowest BCUT2D eigenvalue weighted by atomic mass is 10.3. The van der Waals surface area contributed by atoms with Gasteiger partial charge in [-0.1, -0.05) is 0 Å². The fourth-order valence-corrected chi connectivity index (χ4v) is 0.487.